The third-order valence-corrected chi connectivity index (χ3v) is 5.68. The van der Waals surface area contributed by atoms with Crippen molar-refractivity contribution in [2.45, 2.75) is 0 Å². The first-order valence-corrected chi connectivity index (χ1v) is 8.65. The molecule has 3 N–H and O–H groups in total. The van der Waals surface area contributed by atoms with Crippen LogP contribution in [-0.4, -0.2) is 4.98 Å². The SMILES string of the molecule is Nc1cc2sc3ccccc3[nH]c2c2c(=O)c3ccccc3c(=O)c12. The molecule has 25 heavy (non-hydrogen) atoms. The maximum Gasteiger partial charge on any atom is 0.196 e. The van der Waals surface area contributed by atoms with E-state index in [1.807, 2.05) is 24.3 Å². The Balaban J connectivity index is 2.17. The molecule has 0 aliphatic carbocycles. The number of nitrogens with one attached hydrogen (secondary N) is 1. The van der Waals surface area contributed by atoms with Crippen LogP contribution < -0.4 is 16.6 Å². The molecule has 0 bridgehead atoms. The monoisotopic (exact) mass is 344 g/mol. The Labute approximate surface area is 145 Å². The molecule has 0 unspecified atom stereocenters. The quantitative estimate of drug-likeness (QED) is 0.253. The van der Waals surface area contributed by atoms with Crippen LogP contribution in [0.5, 0.6) is 0 Å². The van der Waals surface area contributed by atoms with Gasteiger partial charge in [-0.1, -0.05) is 36.4 Å². The van der Waals surface area contributed by atoms with Crippen LogP contribution in [0.3, 0.4) is 0 Å². The summed E-state index contributed by atoms with van der Waals surface area (Å²) in [6, 6.07) is 16.5. The molecule has 1 aromatic heterocycles. The fourth-order valence-electron chi connectivity index (χ4n) is 3.41. The van der Waals surface area contributed by atoms with Gasteiger partial charge < -0.3 is 10.7 Å². The topological polar surface area (TPSA) is 76.0 Å². The minimum absolute atomic E-state index is 0.166. The molecule has 0 aliphatic rings. The minimum Gasteiger partial charge on any atom is -0.398 e. The van der Waals surface area contributed by atoms with Gasteiger partial charge in [0.05, 0.1) is 31.2 Å². The van der Waals surface area contributed by atoms with Crippen LogP contribution in [-0.2, 0) is 0 Å². The second-order valence-corrected chi connectivity index (χ2v) is 7.10. The van der Waals surface area contributed by atoms with E-state index in [9.17, 15) is 9.59 Å². The summed E-state index contributed by atoms with van der Waals surface area (Å²) in [5.74, 6) is 0. The third kappa shape index (κ3) is 1.87. The molecule has 0 radical (unpaired) electrons. The molecule has 5 heteroatoms. The van der Waals surface area contributed by atoms with Crippen molar-refractivity contribution in [1.29, 1.82) is 0 Å². The van der Waals surface area contributed by atoms with Crippen LogP contribution in [0.4, 0.5) is 5.69 Å². The molecule has 0 spiro atoms. The van der Waals surface area contributed by atoms with Crippen molar-refractivity contribution in [1.82, 2.24) is 4.98 Å². The second-order valence-electron chi connectivity index (χ2n) is 6.02. The predicted octanol–water partition coefficient (Wildman–Crippen LogP) is 3.99. The molecule has 0 amide bonds. The molecular weight excluding hydrogens is 332 g/mol. The van der Waals surface area contributed by atoms with Gasteiger partial charge >= 0.3 is 0 Å². The minimum atomic E-state index is -0.198. The van der Waals surface area contributed by atoms with Crippen LogP contribution in [0.1, 0.15) is 0 Å². The summed E-state index contributed by atoms with van der Waals surface area (Å²) in [4.78, 5) is 29.4. The van der Waals surface area contributed by atoms with E-state index in [0.29, 0.717) is 32.7 Å². The molecule has 4 nitrogen and oxygen atoms in total. The lowest BCUT2D eigenvalue weighted by Crippen LogP contribution is -2.15. The van der Waals surface area contributed by atoms with E-state index < -0.39 is 0 Å². The summed E-state index contributed by atoms with van der Waals surface area (Å²) >= 11 is 1.55. The maximum absolute atomic E-state index is 13.1. The van der Waals surface area contributed by atoms with Crippen LogP contribution >= 0.6 is 11.3 Å². The second kappa shape index (κ2) is 4.91. The highest BCUT2D eigenvalue weighted by Crippen LogP contribution is 2.32. The smallest absolute Gasteiger partial charge is 0.196 e. The number of H-pyrrole nitrogens is 1. The first kappa shape index (κ1) is 14.2. The molecule has 0 saturated carbocycles. The van der Waals surface area contributed by atoms with E-state index in [2.05, 4.69) is 4.98 Å². The molecule has 4 aromatic carbocycles. The van der Waals surface area contributed by atoms with Gasteiger partial charge in [-0.05, 0) is 18.2 Å². The summed E-state index contributed by atoms with van der Waals surface area (Å²) in [5.41, 5.74) is 7.75. The number of anilines is 1. The Morgan fingerprint density at radius 3 is 2.20 bits per heavy atom. The number of hydrogen-bond acceptors (Lipinski definition) is 4. The number of nitrogen functional groups attached to an aromatic ring is 1. The number of aromatic nitrogens is 1. The van der Waals surface area contributed by atoms with E-state index >= 15 is 0 Å². The van der Waals surface area contributed by atoms with Crippen molar-refractivity contribution >= 4 is 59.0 Å². The lowest BCUT2D eigenvalue weighted by Gasteiger charge is -2.09. The van der Waals surface area contributed by atoms with Crippen molar-refractivity contribution in [2.24, 2.45) is 0 Å². The van der Waals surface area contributed by atoms with Gasteiger partial charge in [-0.2, -0.15) is 0 Å². The van der Waals surface area contributed by atoms with Crippen LogP contribution in [0.25, 0.3) is 42.0 Å². The molecule has 0 atom stereocenters. The number of nitrogens with two attached hydrogens (primary N) is 1. The Bertz CT molecular complexity index is 1450. The number of para-hydroxylation sites is 1. The highest BCUT2D eigenvalue weighted by molar-refractivity contribution is 7.24. The third-order valence-electron chi connectivity index (χ3n) is 4.56. The maximum atomic E-state index is 13.1. The van der Waals surface area contributed by atoms with Crippen molar-refractivity contribution in [2.75, 3.05) is 5.73 Å². The molecule has 120 valence electrons. The first-order chi connectivity index (χ1) is 12.1. The predicted molar refractivity (Wildman–Crippen MR) is 106 cm³/mol. The normalized spacial score (nSPS) is 11.7. The zero-order chi connectivity index (χ0) is 17.1. The lowest BCUT2D eigenvalue weighted by molar-refractivity contribution is 1.53. The van der Waals surface area contributed by atoms with E-state index in [4.69, 9.17) is 5.73 Å². The van der Waals surface area contributed by atoms with Crippen LogP contribution in [0, 0.1) is 0 Å². The highest BCUT2D eigenvalue weighted by atomic mass is 32.1. The molecule has 5 rings (SSSR count). The van der Waals surface area contributed by atoms with Crippen molar-refractivity contribution in [3.8, 4) is 0 Å². The van der Waals surface area contributed by atoms with Crippen molar-refractivity contribution < 1.29 is 0 Å². The number of fused-ring (bicyclic) bond motifs is 5. The number of aromatic amines is 1. The first-order valence-electron chi connectivity index (χ1n) is 7.84. The van der Waals surface area contributed by atoms with Crippen LogP contribution in [0.15, 0.2) is 64.2 Å². The Kier molecular flexibility index (Phi) is 2.79. The van der Waals surface area contributed by atoms with Gasteiger partial charge in [-0.15, -0.1) is 11.3 Å². The van der Waals surface area contributed by atoms with Crippen molar-refractivity contribution in [3.05, 3.63) is 75.0 Å². The fraction of sp³-hybridized carbons (Fsp3) is 0. The van der Waals surface area contributed by atoms with Gasteiger partial charge in [0.25, 0.3) is 0 Å². The molecule has 1 heterocycles. The van der Waals surface area contributed by atoms with Gasteiger partial charge in [0.1, 0.15) is 0 Å². The average Bonchev–Trinajstić information content (AvgIpc) is 2.64. The van der Waals surface area contributed by atoms with Crippen molar-refractivity contribution in [3.63, 3.8) is 0 Å². The number of rotatable bonds is 0. The summed E-state index contributed by atoms with van der Waals surface area (Å²) in [7, 11) is 0. The lowest BCUT2D eigenvalue weighted by atomic mass is 10.0. The fourth-order valence-corrected chi connectivity index (χ4v) is 4.47. The summed E-state index contributed by atoms with van der Waals surface area (Å²) in [6.07, 6.45) is 0. The Morgan fingerprint density at radius 2 is 1.44 bits per heavy atom. The summed E-state index contributed by atoms with van der Waals surface area (Å²) in [5, 5.41) is 1.52. The van der Waals surface area contributed by atoms with Gasteiger partial charge in [-0.25, -0.2) is 0 Å². The average molecular weight is 344 g/mol. The number of hydrogen-bond donors (Lipinski definition) is 2. The van der Waals surface area contributed by atoms with Gasteiger partial charge in [-0.3, -0.25) is 9.59 Å². The molecule has 0 aliphatic heterocycles. The van der Waals surface area contributed by atoms with Gasteiger partial charge in [0.2, 0.25) is 0 Å². The molecule has 0 saturated heterocycles. The zero-order valence-corrected chi connectivity index (χ0v) is 13.8. The number of benzene rings is 4. The Hall–Kier alpha value is -3.18. The standard InChI is InChI=1S/C20H12N2O2S/c21-12-9-15-18(22-13-7-3-4-8-14(13)25-15)17-16(12)19(23)10-5-1-2-6-11(10)20(17)24/h1-9,22H,21H2. The van der Waals surface area contributed by atoms with E-state index in [1.54, 1.807) is 41.7 Å². The largest absolute Gasteiger partial charge is 0.398 e. The molecule has 0 fully saturated rings. The molecule has 5 aromatic rings. The molecular formula is C20H12N2O2S. The summed E-state index contributed by atoms with van der Waals surface area (Å²) < 4.78 is 1.92. The van der Waals surface area contributed by atoms with E-state index in [1.165, 1.54) is 0 Å². The van der Waals surface area contributed by atoms with Gasteiger partial charge in [0.15, 0.2) is 10.9 Å². The van der Waals surface area contributed by atoms with E-state index in [0.717, 1.165) is 14.9 Å². The summed E-state index contributed by atoms with van der Waals surface area (Å²) in [6.45, 7) is 0. The van der Waals surface area contributed by atoms with E-state index in [-0.39, 0.29) is 10.9 Å². The van der Waals surface area contributed by atoms with Gasteiger partial charge in [0, 0.05) is 16.5 Å². The highest BCUT2D eigenvalue weighted by Gasteiger charge is 2.16. The van der Waals surface area contributed by atoms with Crippen LogP contribution in [0.2, 0.25) is 0 Å². The Morgan fingerprint density at radius 1 is 0.800 bits per heavy atom. The zero-order valence-electron chi connectivity index (χ0n) is 13.0.